The fourth-order valence-corrected chi connectivity index (χ4v) is 3.46. The maximum atomic E-state index is 12.0. The molecule has 96 valence electrons. The van der Waals surface area contributed by atoms with E-state index in [4.69, 9.17) is 0 Å². The van der Waals surface area contributed by atoms with Crippen molar-refractivity contribution in [2.24, 2.45) is 0 Å². The predicted octanol–water partition coefficient (Wildman–Crippen LogP) is 3.97. The van der Waals surface area contributed by atoms with Crippen LogP contribution < -0.4 is 0 Å². The maximum Gasteiger partial charge on any atom is 0.195 e. The molecule has 0 amide bonds. The first-order valence-corrected chi connectivity index (χ1v) is 7.56. The van der Waals surface area contributed by atoms with E-state index in [0.29, 0.717) is 0 Å². The Bertz CT molecular complexity index is 763. The lowest BCUT2D eigenvalue weighted by atomic mass is 10.2. The number of aryl methyl sites for hydroxylation is 2. The van der Waals surface area contributed by atoms with E-state index in [1.807, 2.05) is 34.9 Å². The van der Waals surface area contributed by atoms with Gasteiger partial charge in [0.2, 0.25) is 0 Å². The first kappa shape index (κ1) is 12.3. The second-order valence-electron chi connectivity index (χ2n) is 4.25. The third kappa shape index (κ3) is 2.27. The van der Waals surface area contributed by atoms with Crippen LogP contribution in [0.25, 0.3) is 11.0 Å². The molecule has 3 nitrogen and oxygen atoms in total. The highest BCUT2D eigenvalue weighted by Gasteiger charge is 2.09. The Morgan fingerprint density at radius 1 is 1.42 bits per heavy atom. The molecule has 0 atom stereocenters. The van der Waals surface area contributed by atoms with Crippen LogP contribution in [-0.4, -0.2) is 15.2 Å². The third-order valence-electron chi connectivity index (χ3n) is 2.82. The third-order valence-corrected chi connectivity index (χ3v) is 4.60. The van der Waals surface area contributed by atoms with Crippen LogP contribution in [0.2, 0.25) is 0 Å². The number of nitrogens with zero attached hydrogens (tertiary/aromatic N) is 2. The normalized spacial score (nSPS) is 11.7. The van der Waals surface area contributed by atoms with Gasteiger partial charge in [-0.25, -0.2) is 4.98 Å². The van der Waals surface area contributed by atoms with E-state index in [2.05, 4.69) is 18.1 Å². The van der Waals surface area contributed by atoms with Crippen LogP contribution in [0.1, 0.15) is 25.9 Å². The fourth-order valence-electron chi connectivity index (χ4n) is 1.94. The molecule has 0 aliphatic rings. The molecule has 0 aromatic carbocycles. The molecule has 0 aliphatic heterocycles. The van der Waals surface area contributed by atoms with Gasteiger partial charge in [0.25, 0.3) is 0 Å². The number of aromatic nitrogens is 2. The number of allylic oxidation sites excluding steroid dienone is 1. The van der Waals surface area contributed by atoms with Gasteiger partial charge in [0, 0.05) is 11.1 Å². The summed E-state index contributed by atoms with van der Waals surface area (Å²) in [6.07, 6.45) is 5.52. The van der Waals surface area contributed by atoms with E-state index in [1.165, 1.54) is 16.2 Å². The maximum absolute atomic E-state index is 12.0. The Hall–Kier alpha value is -1.72. The van der Waals surface area contributed by atoms with E-state index >= 15 is 0 Å². The number of imidazole rings is 1. The lowest BCUT2D eigenvalue weighted by molar-refractivity contribution is 0.105. The van der Waals surface area contributed by atoms with Gasteiger partial charge in [-0.1, -0.05) is 6.07 Å². The Labute approximate surface area is 118 Å². The molecule has 3 heterocycles. The quantitative estimate of drug-likeness (QED) is 0.540. The van der Waals surface area contributed by atoms with Gasteiger partial charge >= 0.3 is 0 Å². The molecule has 0 spiro atoms. The number of ketones is 1. The SMILES string of the molecule is Cc1cn2c(/C=C/C(=O)c3cccs3)c(C)nc2s1. The summed E-state index contributed by atoms with van der Waals surface area (Å²) >= 11 is 3.11. The molecular weight excluding hydrogens is 276 g/mol. The molecule has 0 fully saturated rings. The number of carbonyl (C=O) groups excluding carboxylic acids is 1. The van der Waals surface area contributed by atoms with Gasteiger partial charge in [-0.15, -0.1) is 22.7 Å². The second kappa shape index (κ2) is 4.75. The van der Waals surface area contributed by atoms with Gasteiger partial charge in [0.05, 0.1) is 16.3 Å². The van der Waals surface area contributed by atoms with Gasteiger partial charge in [0.15, 0.2) is 10.7 Å². The molecule has 3 aromatic heterocycles. The van der Waals surface area contributed by atoms with Crippen LogP contribution in [0.5, 0.6) is 0 Å². The Morgan fingerprint density at radius 3 is 3.00 bits per heavy atom. The molecular formula is C14H12N2OS2. The number of hydrogen-bond donors (Lipinski definition) is 0. The van der Waals surface area contributed by atoms with Crippen LogP contribution in [0.3, 0.4) is 0 Å². The smallest absolute Gasteiger partial charge is 0.195 e. The molecule has 0 radical (unpaired) electrons. The van der Waals surface area contributed by atoms with Crippen molar-refractivity contribution in [2.45, 2.75) is 13.8 Å². The van der Waals surface area contributed by atoms with Gasteiger partial charge in [-0.05, 0) is 37.4 Å². The zero-order valence-electron chi connectivity index (χ0n) is 10.6. The summed E-state index contributed by atoms with van der Waals surface area (Å²) in [5.74, 6) is 0.0382. The minimum absolute atomic E-state index is 0.0382. The highest BCUT2D eigenvalue weighted by Crippen LogP contribution is 2.21. The van der Waals surface area contributed by atoms with E-state index in [-0.39, 0.29) is 5.78 Å². The number of hydrogen-bond acceptors (Lipinski definition) is 4. The minimum atomic E-state index is 0.0382. The minimum Gasteiger partial charge on any atom is -0.290 e. The molecule has 0 unspecified atom stereocenters. The van der Waals surface area contributed by atoms with Crippen LogP contribution >= 0.6 is 22.7 Å². The predicted molar refractivity (Wildman–Crippen MR) is 80.2 cm³/mol. The van der Waals surface area contributed by atoms with Crippen molar-refractivity contribution in [3.63, 3.8) is 0 Å². The highest BCUT2D eigenvalue weighted by molar-refractivity contribution is 7.17. The summed E-state index contributed by atoms with van der Waals surface area (Å²) in [5.41, 5.74) is 1.92. The zero-order chi connectivity index (χ0) is 13.4. The Kier molecular flexibility index (Phi) is 3.08. The van der Waals surface area contributed by atoms with E-state index < -0.39 is 0 Å². The average Bonchev–Trinajstić information content (AvgIpc) is 3.03. The molecule has 0 saturated carbocycles. The average molecular weight is 288 g/mol. The molecule has 0 bridgehead atoms. The molecule has 19 heavy (non-hydrogen) atoms. The van der Waals surface area contributed by atoms with Crippen molar-refractivity contribution in [3.8, 4) is 0 Å². The summed E-state index contributed by atoms with van der Waals surface area (Å²) < 4.78 is 2.04. The Balaban J connectivity index is 1.96. The summed E-state index contributed by atoms with van der Waals surface area (Å²) in [6, 6.07) is 3.72. The number of fused-ring (bicyclic) bond motifs is 1. The van der Waals surface area contributed by atoms with Crippen molar-refractivity contribution < 1.29 is 4.79 Å². The van der Waals surface area contributed by atoms with Gasteiger partial charge in [-0.3, -0.25) is 9.20 Å². The van der Waals surface area contributed by atoms with Gasteiger partial charge in [0.1, 0.15) is 0 Å². The Morgan fingerprint density at radius 2 is 2.26 bits per heavy atom. The number of thiazole rings is 1. The molecule has 5 heteroatoms. The van der Waals surface area contributed by atoms with E-state index in [9.17, 15) is 4.79 Å². The lowest BCUT2D eigenvalue weighted by Gasteiger charge is -1.93. The van der Waals surface area contributed by atoms with Crippen LogP contribution in [0, 0.1) is 13.8 Å². The number of carbonyl (C=O) groups is 1. The van der Waals surface area contributed by atoms with E-state index in [1.54, 1.807) is 17.4 Å². The standard InChI is InChI=1S/C14H12N2OS2/c1-9-8-16-11(10(2)15-14(16)19-9)5-6-12(17)13-4-3-7-18-13/h3-8H,1-2H3/b6-5+. The highest BCUT2D eigenvalue weighted by atomic mass is 32.1. The second-order valence-corrected chi connectivity index (χ2v) is 6.41. The molecule has 0 aliphatic carbocycles. The van der Waals surface area contributed by atoms with Crippen molar-refractivity contribution in [1.29, 1.82) is 0 Å². The summed E-state index contributed by atoms with van der Waals surface area (Å²) in [7, 11) is 0. The summed E-state index contributed by atoms with van der Waals surface area (Å²) in [4.78, 5) is 19.4. The first-order valence-electron chi connectivity index (χ1n) is 5.86. The van der Waals surface area contributed by atoms with Crippen LogP contribution in [0.15, 0.2) is 29.8 Å². The molecule has 0 N–H and O–H groups in total. The van der Waals surface area contributed by atoms with Gasteiger partial charge in [-0.2, -0.15) is 0 Å². The number of thiophene rings is 1. The van der Waals surface area contributed by atoms with Crippen LogP contribution in [0.4, 0.5) is 0 Å². The largest absolute Gasteiger partial charge is 0.290 e. The van der Waals surface area contributed by atoms with Crippen molar-refractivity contribution in [1.82, 2.24) is 9.38 Å². The molecule has 3 aromatic rings. The van der Waals surface area contributed by atoms with Gasteiger partial charge < -0.3 is 0 Å². The fraction of sp³-hybridized carbons (Fsp3) is 0.143. The summed E-state index contributed by atoms with van der Waals surface area (Å²) in [6.45, 7) is 4.02. The lowest BCUT2D eigenvalue weighted by Crippen LogP contribution is -1.90. The monoisotopic (exact) mass is 288 g/mol. The zero-order valence-corrected chi connectivity index (χ0v) is 12.2. The van der Waals surface area contributed by atoms with Crippen molar-refractivity contribution in [2.75, 3.05) is 0 Å². The molecule has 3 rings (SSSR count). The van der Waals surface area contributed by atoms with E-state index in [0.717, 1.165) is 21.2 Å². The topological polar surface area (TPSA) is 34.4 Å². The molecule has 0 saturated heterocycles. The van der Waals surface area contributed by atoms with Crippen molar-refractivity contribution >= 4 is 39.5 Å². The first-order chi connectivity index (χ1) is 9.15. The summed E-state index contributed by atoms with van der Waals surface area (Å²) in [5, 5.41) is 1.91. The van der Waals surface area contributed by atoms with Crippen molar-refractivity contribution in [3.05, 3.63) is 50.9 Å². The van der Waals surface area contributed by atoms with Crippen LogP contribution in [-0.2, 0) is 0 Å². The number of rotatable bonds is 3.